The van der Waals surface area contributed by atoms with Gasteiger partial charge in [0.1, 0.15) is 0 Å². The predicted molar refractivity (Wildman–Crippen MR) is 107 cm³/mol. The molecule has 0 unspecified atom stereocenters. The lowest BCUT2D eigenvalue weighted by Crippen LogP contribution is -1.55. The van der Waals surface area contributed by atoms with Gasteiger partial charge in [0.15, 0.2) is 21.5 Å². The summed E-state index contributed by atoms with van der Waals surface area (Å²) in [7, 11) is 0. The zero-order chi connectivity index (χ0) is 17.9. The molecule has 0 aromatic heterocycles. The normalized spacial score (nSPS) is 9.00. The molecule has 20 heavy (non-hydrogen) atoms. The summed E-state index contributed by atoms with van der Waals surface area (Å²) in [4.78, 5) is 0. The topological polar surface area (TPSA) is 0 Å². The molecule has 0 saturated heterocycles. The Balaban J connectivity index is -0.0000000469. The fourth-order valence-corrected chi connectivity index (χ4v) is 0. The Morgan fingerprint density at radius 3 is 0.200 bits per heavy atom. The van der Waals surface area contributed by atoms with Crippen LogP contribution in [0, 0.1) is 0 Å². The fourth-order valence-electron chi connectivity index (χ4n) is 0. The molecule has 15 heteroatoms. The van der Waals surface area contributed by atoms with Gasteiger partial charge < -0.3 is 0 Å². The minimum atomic E-state index is -0.750. The van der Waals surface area contributed by atoms with Crippen LogP contribution in [0.3, 0.4) is 0 Å². The Bertz CT molecular complexity index is 74.8. The van der Waals surface area contributed by atoms with E-state index in [4.69, 9.17) is 174 Å². The van der Waals surface area contributed by atoms with Gasteiger partial charge in [-0.1, -0.05) is 174 Å². The van der Waals surface area contributed by atoms with Gasteiger partial charge in [-0.15, -0.1) is 0 Å². The van der Waals surface area contributed by atoms with Crippen molar-refractivity contribution < 1.29 is 0 Å². The number of hydrogen-bond acceptors (Lipinski definition) is 0. The van der Waals surface area contributed by atoms with Crippen LogP contribution in [0.4, 0.5) is 0 Å². The van der Waals surface area contributed by atoms with Crippen molar-refractivity contribution in [2.24, 2.45) is 0 Å². The zero-order valence-corrected chi connectivity index (χ0v) is 19.9. The summed E-state index contributed by atoms with van der Waals surface area (Å²) in [5, 5.41) is 0. The lowest BCUT2D eigenvalue weighted by atomic mass is 11.9. The number of rotatable bonds is 0. The maximum absolute atomic E-state index is 4.81. The largest absolute Gasteiger partial charge is 0.180 e. The molecule has 0 nitrogen and oxygen atoms in total. The molecule has 0 aliphatic rings. The minimum absolute atomic E-state index is 0.750. The highest BCUT2D eigenvalue weighted by molar-refractivity contribution is 6.64. The quantitative estimate of drug-likeness (QED) is 0.244. The molecule has 0 aromatic rings. The third-order valence-corrected chi connectivity index (χ3v) is 0. The third-order valence-electron chi connectivity index (χ3n) is 0. The minimum Gasteiger partial charge on any atom is -0.0874 e. The van der Waals surface area contributed by atoms with Crippen LogP contribution in [0.1, 0.15) is 0 Å². The molecule has 0 saturated carbocycles. The van der Waals surface area contributed by atoms with Crippen LogP contribution in [0.25, 0.3) is 0 Å². The first-order valence-corrected chi connectivity index (χ1v) is 9.82. The summed E-state index contributed by atoms with van der Waals surface area (Å²) in [6.45, 7) is 0. The van der Waals surface area contributed by atoms with Crippen LogP contribution in [-0.4, -0.2) is 21.5 Å². The van der Waals surface area contributed by atoms with Crippen molar-refractivity contribution in [3.05, 3.63) is 0 Å². The van der Waals surface area contributed by atoms with E-state index in [-0.39, 0.29) is 0 Å². The van der Waals surface area contributed by atoms with Crippen molar-refractivity contribution in [2.45, 2.75) is 21.5 Å². The summed E-state index contributed by atoms with van der Waals surface area (Å²) in [6, 6.07) is 0. The molecule has 0 amide bonds. The Labute approximate surface area is 193 Å². The monoisotopic (exact) mass is 590 g/mol. The van der Waals surface area contributed by atoms with Crippen molar-refractivity contribution in [2.75, 3.05) is 0 Å². The second-order valence-corrected chi connectivity index (χ2v) is 11.1. The molecule has 0 atom stereocenters. The number of hydrogen-bond donors (Lipinski definition) is 0. The maximum atomic E-state index is 4.81. The number of halogens is 15. The second-order valence-electron chi connectivity index (χ2n) is 1.24. The molecule has 0 aromatic carbocycles. The first kappa shape index (κ1) is 35.5. The molecule has 0 fully saturated rings. The van der Waals surface area contributed by atoms with E-state index in [1.807, 2.05) is 0 Å². The molecule has 0 N–H and O–H groups in total. The Morgan fingerprint density at radius 1 is 0.200 bits per heavy atom. The molecule has 0 radical (unpaired) electrons. The van der Waals surface area contributed by atoms with E-state index in [0.717, 1.165) is 0 Å². The summed E-state index contributed by atoms with van der Waals surface area (Å²) in [6.07, 6.45) is 0. The summed E-state index contributed by atoms with van der Waals surface area (Å²) in [5.41, 5.74) is 0. The van der Waals surface area contributed by atoms with Crippen molar-refractivity contribution in [3.8, 4) is 0 Å². The van der Waals surface area contributed by atoms with Gasteiger partial charge in [-0.2, -0.15) is 0 Å². The number of alkyl halides is 15. The van der Waals surface area contributed by atoms with E-state index in [9.17, 15) is 0 Å². The Morgan fingerprint density at radius 2 is 0.200 bits per heavy atom. The summed E-state index contributed by atoms with van der Waals surface area (Å²) in [5.74, 6) is 0. The van der Waals surface area contributed by atoms with E-state index in [1.165, 1.54) is 0 Å². The lowest BCUT2D eigenvalue weighted by Gasteiger charge is -1.69. The van der Waals surface area contributed by atoms with Gasteiger partial charge in [0.2, 0.25) is 0 Å². The highest BCUT2D eigenvalue weighted by atomic mass is 35.6. The zero-order valence-electron chi connectivity index (χ0n) is 8.56. The van der Waals surface area contributed by atoms with E-state index in [0.29, 0.717) is 0 Å². The van der Waals surface area contributed by atoms with E-state index >= 15 is 0 Å². The van der Waals surface area contributed by atoms with Gasteiger partial charge in [0, 0.05) is 0 Å². The molecular weight excluding hydrogens is 592 g/mol. The van der Waals surface area contributed by atoms with Crippen molar-refractivity contribution in [1.29, 1.82) is 0 Å². The molecule has 0 aliphatic heterocycles. The summed E-state index contributed by atoms with van der Waals surface area (Å²) < 4.78 is -3.75. The molecule has 0 bridgehead atoms. The Hall–Kier alpha value is 4.35. The SMILES string of the molecule is ClC(Cl)Cl.ClC(Cl)Cl.ClC(Cl)Cl.ClC(Cl)Cl.ClC(Cl)Cl. The molecule has 130 valence electrons. The van der Waals surface area contributed by atoms with Gasteiger partial charge in [0.05, 0.1) is 0 Å². The molecule has 0 rings (SSSR count). The highest BCUT2D eigenvalue weighted by Gasteiger charge is 1.80. The first-order chi connectivity index (χ1) is 8.66. The summed E-state index contributed by atoms with van der Waals surface area (Å²) >= 11 is 72.1. The lowest BCUT2D eigenvalue weighted by molar-refractivity contribution is 1.96. The maximum Gasteiger partial charge on any atom is 0.180 e. The smallest absolute Gasteiger partial charge is 0.0874 e. The second kappa shape index (κ2) is 31.2. The average Bonchev–Trinajstić information content (AvgIpc) is 1.94. The highest BCUT2D eigenvalue weighted by Crippen LogP contribution is 2.05. The van der Waals surface area contributed by atoms with E-state index < -0.39 is 21.5 Å². The van der Waals surface area contributed by atoms with Crippen LogP contribution >= 0.6 is 174 Å². The third kappa shape index (κ3) is 538. The molecule has 0 aliphatic carbocycles. The predicted octanol–water partition coefficient (Wildman–Crippen LogP) is 9.93. The fraction of sp³-hybridized carbons (Fsp3) is 1.00. The standard InChI is InChI=1S/5CHCl3/c5*2-1(3)4/h5*1H. The molecule has 0 spiro atoms. The van der Waals surface area contributed by atoms with Crippen LogP contribution in [-0.2, 0) is 0 Å². The van der Waals surface area contributed by atoms with Crippen molar-refractivity contribution in [3.63, 3.8) is 0 Å². The van der Waals surface area contributed by atoms with Crippen LogP contribution in [0.2, 0.25) is 0 Å². The van der Waals surface area contributed by atoms with E-state index in [1.54, 1.807) is 0 Å². The van der Waals surface area contributed by atoms with Gasteiger partial charge in [-0.25, -0.2) is 0 Å². The first-order valence-electron chi connectivity index (χ1n) is 3.27. The molecular formula is C5H5Cl15. The van der Waals surface area contributed by atoms with E-state index in [2.05, 4.69) is 0 Å². The van der Waals surface area contributed by atoms with Gasteiger partial charge in [-0.3, -0.25) is 0 Å². The van der Waals surface area contributed by atoms with Gasteiger partial charge >= 0.3 is 0 Å². The molecule has 0 heterocycles. The van der Waals surface area contributed by atoms with Crippen molar-refractivity contribution >= 4 is 174 Å². The van der Waals surface area contributed by atoms with Crippen LogP contribution in [0.15, 0.2) is 0 Å². The van der Waals surface area contributed by atoms with Gasteiger partial charge in [-0.05, 0) is 0 Å². The van der Waals surface area contributed by atoms with Crippen LogP contribution < -0.4 is 0 Å². The van der Waals surface area contributed by atoms with Crippen LogP contribution in [0.5, 0.6) is 0 Å². The average molecular weight is 597 g/mol. The van der Waals surface area contributed by atoms with Gasteiger partial charge in [0.25, 0.3) is 0 Å². The Kier molecular flexibility index (Phi) is 55.2. The van der Waals surface area contributed by atoms with Crippen molar-refractivity contribution in [1.82, 2.24) is 0 Å².